The number of aromatic hydroxyl groups is 2. The summed E-state index contributed by atoms with van der Waals surface area (Å²) in [7, 11) is 0. The molecule has 0 aliphatic carbocycles. The molecule has 0 saturated heterocycles. The van der Waals surface area contributed by atoms with Crippen LogP contribution in [-0.4, -0.2) is 21.3 Å². The van der Waals surface area contributed by atoms with Crippen LogP contribution in [0.3, 0.4) is 0 Å². The summed E-state index contributed by atoms with van der Waals surface area (Å²) in [5.41, 5.74) is 1.52. The number of carbonyl (C=O) groups is 1. The van der Waals surface area contributed by atoms with Gasteiger partial charge < -0.3 is 15.3 Å². The maximum absolute atomic E-state index is 11.6. The highest BCUT2D eigenvalue weighted by Gasteiger charge is 2.24. The molecule has 0 aromatic heterocycles. The monoisotopic (exact) mass is 384 g/mol. The molecular weight excluding hydrogens is 352 g/mol. The lowest BCUT2D eigenvalue weighted by atomic mass is 9.78. The molecule has 0 amide bonds. The molecule has 0 aliphatic heterocycles. The number of phenols is 2. The van der Waals surface area contributed by atoms with Gasteiger partial charge in [-0.2, -0.15) is 0 Å². The van der Waals surface area contributed by atoms with Crippen molar-refractivity contribution < 1.29 is 20.1 Å². The van der Waals surface area contributed by atoms with Crippen molar-refractivity contribution in [2.75, 3.05) is 0 Å². The molecule has 2 rings (SSSR count). The van der Waals surface area contributed by atoms with E-state index < -0.39 is 11.9 Å². The number of hydrogen-bond donors (Lipinski definition) is 3. The van der Waals surface area contributed by atoms with E-state index in [0.717, 1.165) is 36.8 Å². The van der Waals surface area contributed by atoms with Crippen molar-refractivity contribution in [3.63, 3.8) is 0 Å². The average molecular weight is 385 g/mol. The lowest BCUT2D eigenvalue weighted by molar-refractivity contribution is -0.139. The summed E-state index contributed by atoms with van der Waals surface area (Å²) in [6, 6.07) is 14.2. The van der Waals surface area contributed by atoms with Crippen molar-refractivity contribution in [3.8, 4) is 11.5 Å². The van der Waals surface area contributed by atoms with Gasteiger partial charge in [-0.1, -0.05) is 70.0 Å². The summed E-state index contributed by atoms with van der Waals surface area (Å²) in [5.74, 6) is -0.576. The lowest BCUT2D eigenvalue weighted by Gasteiger charge is -2.27. The number of carboxylic acid groups (broad SMARTS) is 1. The van der Waals surface area contributed by atoms with E-state index in [0.29, 0.717) is 12.3 Å². The Balaban J connectivity index is 1.84. The minimum Gasteiger partial charge on any atom is -0.508 e. The van der Waals surface area contributed by atoms with E-state index in [4.69, 9.17) is 0 Å². The molecule has 0 saturated carbocycles. The predicted molar refractivity (Wildman–Crippen MR) is 112 cm³/mol. The summed E-state index contributed by atoms with van der Waals surface area (Å²) in [6.07, 6.45) is 4.44. The zero-order valence-corrected chi connectivity index (χ0v) is 17.1. The van der Waals surface area contributed by atoms with Crippen LogP contribution in [0, 0.1) is 5.92 Å². The average Bonchev–Trinajstić information content (AvgIpc) is 2.62. The zero-order chi connectivity index (χ0) is 20.7. The Morgan fingerprint density at radius 2 is 1.68 bits per heavy atom. The molecule has 2 atom stereocenters. The fourth-order valence-electron chi connectivity index (χ4n) is 3.83. The molecule has 0 spiro atoms. The van der Waals surface area contributed by atoms with Crippen LogP contribution in [-0.2, 0) is 10.2 Å². The van der Waals surface area contributed by atoms with Gasteiger partial charge in [0.2, 0.25) is 0 Å². The molecule has 2 unspecified atom stereocenters. The first kappa shape index (κ1) is 21.8. The second-order valence-electron chi connectivity index (χ2n) is 8.46. The van der Waals surface area contributed by atoms with Crippen molar-refractivity contribution in [3.05, 3.63) is 59.7 Å². The van der Waals surface area contributed by atoms with Gasteiger partial charge in [0.15, 0.2) is 0 Å². The Kier molecular flexibility index (Phi) is 7.50. The highest BCUT2D eigenvalue weighted by molar-refractivity contribution is 5.75. The SMILES string of the molecule is CC(CCCC(C)(C)c1ccc(O)cc1O)CCC(C(=O)O)c1ccccc1. The minimum absolute atomic E-state index is 0.0667. The van der Waals surface area contributed by atoms with E-state index in [9.17, 15) is 20.1 Å². The Hall–Kier alpha value is -2.49. The molecule has 3 N–H and O–H groups in total. The quantitative estimate of drug-likeness (QED) is 0.481. The first-order chi connectivity index (χ1) is 13.2. The second kappa shape index (κ2) is 9.63. The Bertz CT molecular complexity index is 767. The van der Waals surface area contributed by atoms with Crippen LogP contribution in [0.25, 0.3) is 0 Å². The summed E-state index contributed by atoms with van der Waals surface area (Å²) < 4.78 is 0. The molecule has 2 aromatic carbocycles. The van der Waals surface area contributed by atoms with Gasteiger partial charge in [-0.3, -0.25) is 4.79 Å². The molecular formula is C24H32O4. The lowest BCUT2D eigenvalue weighted by Crippen LogP contribution is -2.18. The summed E-state index contributed by atoms with van der Waals surface area (Å²) in [5, 5.41) is 29.2. The van der Waals surface area contributed by atoms with Crippen LogP contribution < -0.4 is 0 Å². The Morgan fingerprint density at radius 3 is 2.29 bits per heavy atom. The third-order valence-electron chi connectivity index (χ3n) is 5.66. The normalized spacial score (nSPS) is 13.8. The Morgan fingerprint density at radius 1 is 1.00 bits per heavy atom. The van der Waals surface area contributed by atoms with Crippen LogP contribution in [0.2, 0.25) is 0 Å². The van der Waals surface area contributed by atoms with Crippen LogP contribution in [0.4, 0.5) is 0 Å². The Labute approximate surface area is 167 Å². The van der Waals surface area contributed by atoms with Gasteiger partial charge in [-0.05, 0) is 47.8 Å². The van der Waals surface area contributed by atoms with Crippen molar-refractivity contribution in [1.29, 1.82) is 0 Å². The standard InChI is InChI=1S/C24H32O4/c1-17(11-13-20(23(27)28)18-9-5-4-6-10-18)8-7-15-24(2,3)21-14-12-19(25)16-22(21)26/h4-6,9-10,12,14,16-17,20,25-26H,7-8,11,13,15H2,1-3H3,(H,27,28). The predicted octanol–water partition coefficient (Wildman–Crippen LogP) is 5.83. The topological polar surface area (TPSA) is 77.8 Å². The molecule has 2 aromatic rings. The largest absolute Gasteiger partial charge is 0.508 e. The van der Waals surface area contributed by atoms with Crippen molar-refractivity contribution in [2.45, 2.75) is 64.2 Å². The van der Waals surface area contributed by atoms with Crippen molar-refractivity contribution >= 4 is 5.97 Å². The smallest absolute Gasteiger partial charge is 0.310 e. The molecule has 28 heavy (non-hydrogen) atoms. The highest BCUT2D eigenvalue weighted by atomic mass is 16.4. The van der Waals surface area contributed by atoms with Gasteiger partial charge in [-0.15, -0.1) is 0 Å². The summed E-state index contributed by atoms with van der Waals surface area (Å²) in [6.45, 7) is 6.37. The molecule has 0 bridgehead atoms. The molecule has 0 aliphatic rings. The van der Waals surface area contributed by atoms with Crippen LogP contribution in [0.15, 0.2) is 48.5 Å². The fourth-order valence-corrected chi connectivity index (χ4v) is 3.83. The van der Waals surface area contributed by atoms with Gasteiger partial charge >= 0.3 is 5.97 Å². The van der Waals surface area contributed by atoms with E-state index in [1.165, 1.54) is 6.07 Å². The van der Waals surface area contributed by atoms with E-state index >= 15 is 0 Å². The number of carboxylic acids is 1. The van der Waals surface area contributed by atoms with Crippen molar-refractivity contribution in [1.82, 2.24) is 0 Å². The fraction of sp³-hybridized carbons (Fsp3) is 0.458. The molecule has 0 heterocycles. The van der Waals surface area contributed by atoms with Crippen LogP contribution in [0.1, 0.15) is 69.9 Å². The summed E-state index contributed by atoms with van der Waals surface area (Å²) in [4.78, 5) is 11.6. The molecule has 4 nitrogen and oxygen atoms in total. The maximum Gasteiger partial charge on any atom is 0.310 e. The van der Waals surface area contributed by atoms with Gasteiger partial charge in [-0.25, -0.2) is 0 Å². The van der Waals surface area contributed by atoms with Crippen LogP contribution in [0.5, 0.6) is 11.5 Å². The van der Waals surface area contributed by atoms with E-state index in [2.05, 4.69) is 20.8 Å². The minimum atomic E-state index is -0.762. The number of benzene rings is 2. The van der Waals surface area contributed by atoms with E-state index in [1.54, 1.807) is 12.1 Å². The first-order valence-corrected chi connectivity index (χ1v) is 10.0. The third kappa shape index (κ3) is 6.01. The number of phenolic OH excluding ortho intramolecular Hbond substituents is 2. The third-order valence-corrected chi connectivity index (χ3v) is 5.66. The summed E-state index contributed by atoms with van der Waals surface area (Å²) >= 11 is 0. The zero-order valence-electron chi connectivity index (χ0n) is 17.1. The number of aliphatic carboxylic acids is 1. The van der Waals surface area contributed by atoms with E-state index in [1.807, 2.05) is 30.3 Å². The van der Waals surface area contributed by atoms with Gasteiger partial charge in [0.05, 0.1) is 5.92 Å². The van der Waals surface area contributed by atoms with Gasteiger partial charge in [0, 0.05) is 6.07 Å². The highest BCUT2D eigenvalue weighted by Crippen LogP contribution is 2.37. The first-order valence-electron chi connectivity index (χ1n) is 10.0. The van der Waals surface area contributed by atoms with Crippen molar-refractivity contribution in [2.24, 2.45) is 5.92 Å². The molecule has 0 radical (unpaired) electrons. The molecule has 0 fully saturated rings. The van der Waals surface area contributed by atoms with Gasteiger partial charge in [0.25, 0.3) is 0 Å². The molecule has 152 valence electrons. The number of rotatable bonds is 10. The maximum atomic E-state index is 11.6. The molecule has 4 heteroatoms. The van der Waals surface area contributed by atoms with E-state index in [-0.39, 0.29) is 16.9 Å². The van der Waals surface area contributed by atoms with Crippen LogP contribution >= 0.6 is 0 Å². The van der Waals surface area contributed by atoms with Gasteiger partial charge in [0.1, 0.15) is 11.5 Å². The number of hydrogen-bond acceptors (Lipinski definition) is 3. The second-order valence-corrected chi connectivity index (χ2v) is 8.46.